The molecule has 1 aliphatic carbocycles. The lowest BCUT2D eigenvalue weighted by Gasteiger charge is -2.29. The van der Waals surface area contributed by atoms with Gasteiger partial charge in [0.2, 0.25) is 0 Å². The van der Waals surface area contributed by atoms with Crippen LogP contribution >= 0.6 is 0 Å². The van der Waals surface area contributed by atoms with Gasteiger partial charge in [0, 0.05) is 11.1 Å². The lowest BCUT2D eigenvalue weighted by molar-refractivity contribution is 0.303. The Labute approximate surface area is 219 Å². The summed E-state index contributed by atoms with van der Waals surface area (Å²) < 4.78 is 5.95. The minimum Gasteiger partial charge on any atom is -0.494 e. The molecule has 0 saturated heterocycles. The fourth-order valence-corrected chi connectivity index (χ4v) is 5.56. The summed E-state index contributed by atoms with van der Waals surface area (Å²) in [4.78, 5) is 0. The van der Waals surface area contributed by atoms with Crippen LogP contribution in [0.3, 0.4) is 0 Å². The minimum absolute atomic E-state index is 0.736. The minimum atomic E-state index is 0.736. The highest BCUT2D eigenvalue weighted by atomic mass is 16.5. The molecule has 4 rings (SSSR count). The number of unbranched alkanes of at least 4 members (excludes halogenated alkanes) is 5. The van der Waals surface area contributed by atoms with Crippen molar-refractivity contribution in [3.63, 3.8) is 0 Å². The van der Waals surface area contributed by atoms with E-state index < -0.39 is 0 Å². The number of fused-ring (bicyclic) bond motifs is 1. The molecule has 1 heteroatoms. The van der Waals surface area contributed by atoms with E-state index in [-0.39, 0.29) is 0 Å². The molecule has 0 radical (unpaired) electrons. The molecule has 0 aliphatic heterocycles. The van der Waals surface area contributed by atoms with E-state index in [4.69, 9.17) is 4.74 Å². The quantitative estimate of drug-likeness (QED) is 0.196. The van der Waals surface area contributed by atoms with Gasteiger partial charge in [0.1, 0.15) is 5.75 Å². The van der Waals surface area contributed by atoms with Crippen molar-refractivity contribution in [2.75, 3.05) is 6.61 Å². The summed E-state index contributed by atoms with van der Waals surface area (Å²) in [7, 11) is 0. The predicted octanol–water partition coefficient (Wildman–Crippen LogP) is 10.1. The van der Waals surface area contributed by atoms with E-state index in [1.807, 2.05) is 0 Å². The van der Waals surface area contributed by atoms with Gasteiger partial charge in [-0.3, -0.25) is 0 Å². The largest absolute Gasteiger partial charge is 0.494 e. The number of benzene rings is 3. The van der Waals surface area contributed by atoms with Crippen LogP contribution in [0.5, 0.6) is 5.75 Å². The van der Waals surface area contributed by atoms with E-state index in [1.54, 1.807) is 0 Å². The monoisotopic (exact) mass is 480 g/mol. The highest BCUT2D eigenvalue weighted by Crippen LogP contribution is 2.37. The molecule has 0 amide bonds. The lowest BCUT2D eigenvalue weighted by Crippen LogP contribution is -2.13. The lowest BCUT2D eigenvalue weighted by atomic mass is 9.77. The summed E-state index contributed by atoms with van der Waals surface area (Å²) in [6, 6.07) is 21.9. The zero-order valence-corrected chi connectivity index (χ0v) is 22.5. The maximum Gasteiger partial charge on any atom is 0.119 e. The normalized spacial score (nSPS) is 17.5. The van der Waals surface area contributed by atoms with E-state index in [2.05, 4.69) is 86.4 Å². The van der Waals surface area contributed by atoms with Gasteiger partial charge in [-0.2, -0.15) is 0 Å². The first-order chi connectivity index (χ1) is 17.7. The summed E-state index contributed by atoms with van der Waals surface area (Å²) in [6.07, 6.45) is 16.0. The van der Waals surface area contributed by atoms with Crippen LogP contribution in [0, 0.1) is 17.8 Å². The van der Waals surface area contributed by atoms with Crippen molar-refractivity contribution in [2.45, 2.75) is 96.8 Å². The molecule has 3 aromatic carbocycles. The summed E-state index contributed by atoms with van der Waals surface area (Å²) in [5.74, 6) is 9.41. The topological polar surface area (TPSA) is 9.23 Å². The Morgan fingerprint density at radius 2 is 1.33 bits per heavy atom. The molecule has 0 aromatic heterocycles. The number of hydrogen-bond donors (Lipinski definition) is 0. The number of hydrogen-bond acceptors (Lipinski definition) is 1. The van der Waals surface area contributed by atoms with Gasteiger partial charge in [0.15, 0.2) is 0 Å². The van der Waals surface area contributed by atoms with Gasteiger partial charge < -0.3 is 4.74 Å². The molecule has 0 N–H and O–H groups in total. The van der Waals surface area contributed by atoms with E-state index >= 15 is 0 Å². The van der Waals surface area contributed by atoms with Crippen molar-refractivity contribution in [3.05, 3.63) is 77.4 Å². The molecule has 0 unspecified atom stereocenters. The van der Waals surface area contributed by atoms with Crippen molar-refractivity contribution in [1.29, 1.82) is 0 Å². The Balaban J connectivity index is 1.30. The van der Waals surface area contributed by atoms with Crippen molar-refractivity contribution >= 4 is 10.8 Å². The first-order valence-corrected chi connectivity index (χ1v) is 14.5. The molecule has 190 valence electrons. The molecule has 0 spiro atoms. The Bertz CT molecular complexity index is 1120. The molecular weight excluding hydrogens is 436 g/mol. The second kappa shape index (κ2) is 14.1. The van der Waals surface area contributed by atoms with Crippen LogP contribution in [-0.4, -0.2) is 6.61 Å². The molecule has 3 aromatic rings. The molecule has 1 nitrogen and oxygen atoms in total. The molecule has 0 atom stereocenters. The predicted molar refractivity (Wildman–Crippen MR) is 155 cm³/mol. The fraction of sp³-hybridized carbons (Fsp3) is 0.486. The van der Waals surface area contributed by atoms with Crippen LogP contribution in [0.1, 0.15) is 114 Å². The standard InChI is InChI=1S/C35H44O/c1-3-5-7-9-25-36-35-24-23-33-26-30(17-22-34(33)27-35)12-11-29-15-20-32(21-16-29)31-18-13-28(14-19-31)10-8-6-4-2/h15-17,20-24,26-28,31H,3-10,13-14,18-19,25H2,1-2H3/t28-,31-. The molecule has 1 aliphatic rings. The Kier molecular flexibility index (Phi) is 10.3. The van der Waals surface area contributed by atoms with Gasteiger partial charge in [-0.15, -0.1) is 0 Å². The summed E-state index contributed by atoms with van der Waals surface area (Å²) in [5.41, 5.74) is 3.65. The SMILES string of the molecule is CCCCCCOc1ccc2cc(C#Cc3ccc([C@H]4CC[C@H](CCCCC)CC4)cc3)ccc2c1. The van der Waals surface area contributed by atoms with Crippen molar-refractivity contribution in [2.24, 2.45) is 5.92 Å². The number of rotatable bonds is 11. The molecule has 36 heavy (non-hydrogen) atoms. The molecule has 1 fully saturated rings. The zero-order chi connectivity index (χ0) is 25.0. The van der Waals surface area contributed by atoms with E-state index in [0.717, 1.165) is 41.7 Å². The third-order valence-electron chi connectivity index (χ3n) is 7.87. The highest BCUT2D eigenvalue weighted by Gasteiger charge is 2.21. The van der Waals surface area contributed by atoms with Crippen LogP contribution in [0.15, 0.2) is 60.7 Å². The average molecular weight is 481 g/mol. The Morgan fingerprint density at radius 3 is 2.11 bits per heavy atom. The molecule has 0 bridgehead atoms. The van der Waals surface area contributed by atoms with Gasteiger partial charge in [-0.25, -0.2) is 0 Å². The van der Waals surface area contributed by atoms with E-state index in [9.17, 15) is 0 Å². The maximum absolute atomic E-state index is 5.95. The van der Waals surface area contributed by atoms with Gasteiger partial charge in [0.25, 0.3) is 0 Å². The fourth-order valence-electron chi connectivity index (χ4n) is 5.56. The summed E-state index contributed by atoms with van der Waals surface area (Å²) >= 11 is 0. The van der Waals surface area contributed by atoms with Crippen molar-refractivity contribution in [3.8, 4) is 17.6 Å². The smallest absolute Gasteiger partial charge is 0.119 e. The van der Waals surface area contributed by atoms with Crippen molar-refractivity contribution < 1.29 is 4.74 Å². The molecular formula is C35H44O. The summed E-state index contributed by atoms with van der Waals surface area (Å²) in [5, 5.41) is 2.41. The first kappa shape index (κ1) is 26.3. The third-order valence-corrected chi connectivity index (χ3v) is 7.87. The Morgan fingerprint density at radius 1 is 0.667 bits per heavy atom. The zero-order valence-electron chi connectivity index (χ0n) is 22.5. The van der Waals surface area contributed by atoms with E-state index in [1.165, 1.54) is 87.0 Å². The van der Waals surface area contributed by atoms with Crippen LogP contribution < -0.4 is 4.74 Å². The van der Waals surface area contributed by atoms with Gasteiger partial charge >= 0.3 is 0 Å². The second-order valence-electron chi connectivity index (χ2n) is 10.7. The van der Waals surface area contributed by atoms with Crippen molar-refractivity contribution in [1.82, 2.24) is 0 Å². The Hall–Kier alpha value is -2.72. The second-order valence-corrected chi connectivity index (χ2v) is 10.7. The van der Waals surface area contributed by atoms with Gasteiger partial charge in [-0.05, 0) is 96.7 Å². The molecule has 0 heterocycles. The third kappa shape index (κ3) is 7.89. The first-order valence-electron chi connectivity index (χ1n) is 14.5. The summed E-state index contributed by atoms with van der Waals surface area (Å²) in [6.45, 7) is 5.34. The van der Waals surface area contributed by atoms with Gasteiger partial charge in [0.05, 0.1) is 6.61 Å². The maximum atomic E-state index is 5.95. The van der Waals surface area contributed by atoms with Crippen LogP contribution in [0.25, 0.3) is 10.8 Å². The highest BCUT2D eigenvalue weighted by molar-refractivity contribution is 5.85. The van der Waals surface area contributed by atoms with Crippen LogP contribution in [-0.2, 0) is 0 Å². The van der Waals surface area contributed by atoms with Crippen LogP contribution in [0.4, 0.5) is 0 Å². The van der Waals surface area contributed by atoms with Crippen LogP contribution in [0.2, 0.25) is 0 Å². The number of ether oxygens (including phenoxy) is 1. The van der Waals surface area contributed by atoms with E-state index in [0.29, 0.717) is 0 Å². The molecule has 1 saturated carbocycles. The van der Waals surface area contributed by atoms with Gasteiger partial charge in [-0.1, -0.05) is 94.9 Å². The average Bonchev–Trinajstić information content (AvgIpc) is 2.92.